The third-order valence-corrected chi connectivity index (χ3v) is 6.93. The summed E-state index contributed by atoms with van der Waals surface area (Å²) in [5, 5.41) is 4.48. The normalized spacial score (nSPS) is 16.4. The largest absolute Gasteiger partial charge is 0.341 e. The Morgan fingerprint density at radius 2 is 1.83 bits per heavy atom. The first-order valence-corrected chi connectivity index (χ1v) is 11.4. The van der Waals surface area contributed by atoms with Crippen LogP contribution in [0, 0.1) is 13.8 Å². The molecule has 29 heavy (non-hydrogen) atoms. The van der Waals surface area contributed by atoms with Crippen LogP contribution >= 0.6 is 0 Å². The Bertz CT molecular complexity index is 991. The molecule has 0 radical (unpaired) electrons. The fourth-order valence-corrected chi connectivity index (χ4v) is 5.54. The number of carbonyl (C=O) groups is 1. The number of benzene rings is 1. The molecule has 0 aliphatic carbocycles. The van der Waals surface area contributed by atoms with E-state index in [1.807, 2.05) is 51.1 Å². The topological polar surface area (TPSA) is 84.3 Å². The minimum atomic E-state index is -3.84. The summed E-state index contributed by atoms with van der Waals surface area (Å²) in [6.07, 6.45) is 1.33. The Balaban J connectivity index is 1.96. The summed E-state index contributed by atoms with van der Waals surface area (Å²) in [6.45, 7) is 10.4. The van der Waals surface area contributed by atoms with Crippen LogP contribution in [0.5, 0.6) is 0 Å². The van der Waals surface area contributed by atoms with Crippen LogP contribution < -0.4 is 4.72 Å². The van der Waals surface area contributed by atoms with Crippen LogP contribution in [0.15, 0.2) is 35.2 Å². The van der Waals surface area contributed by atoms with E-state index in [0.29, 0.717) is 30.9 Å². The van der Waals surface area contributed by atoms with Gasteiger partial charge < -0.3 is 4.90 Å². The van der Waals surface area contributed by atoms with Crippen LogP contribution in [0.4, 0.5) is 0 Å². The molecule has 1 aliphatic rings. The Labute approximate surface area is 173 Å². The standard InChI is InChI=1S/C21H30N4O3S/c1-15-20(16(2)25(22-15)21(3,4)5)29(27,28)23-18(17-10-7-6-8-11-17)14-24-13-9-12-19(24)26/h6-8,10-11,18,23H,9,12-14H2,1-5H3. The summed E-state index contributed by atoms with van der Waals surface area (Å²) < 4.78 is 31.4. The van der Waals surface area contributed by atoms with Crippen molar-refractivity contribution in [1.82, 2.24) is 19.4 Å². The van der Waals surface area contributed by atoms with E-state index in [9.17, 15) is 13.2 Å². The van der Waals surface area contributed by atoms with Crippen LogP contribution in [-0.2, 0) is 20.4 Å². The van der Waals surface area contributed by atoms with Gasteiger partial charge in [0.1, 0.15) is 4.90 Å². The van der Waals surface area contributed by atoms with Crippen molar-refractivity contribution in [2.24, 2.45) is 0 Å². The van der Waals surface area contributed by atoms with E-state index in [0.717, 1.165) is 12.0 Å². The second-order valence-electron chi connectivity index (χ2n) is 8.61. The molecule has 1 fully saturated rings. The fraction of sp³-hybridized carbons (Fsp3) is 0.524. The van der Waals surface area contributed by atoms with Crippen molar-refractivity contribution in [3.05, 3.63) is 47.3 Å². The van der Waals surface area contributed by atoms with Crippen molar-refractivity contribution in [1.29, 1.82) is 0 Å². The number of amides is 1. The third kappa shape index (κ3) is 4.53. The van der Waals surface area contributed by atoms with Crippen molar-refractivity contribution >= 4 is 15.9 Å². The Hall–Kier alpha value is -2.19. The number of sulfonamides is 1. The van der Waals surface area contributed by atoms with Crippen LogP contribution in [0.3, 0.4) is 0 Å². The Morgan fingerprint density at radius 1 is 1.17 bits per heavy atom. The molecule has 8 heteroatoms. The summed E-state index contributed by atoms with van der Waals surface area (Å²) in [6, 6.07) is 8.86. The monoisotopic (exact) mass is 418 g/mol. The van der Waals surface area contributed by atoms with Crippen molar-refractivity contribution in [3.8, 4) is 0 Å². The molecule has 0 spiro atoms. The molecular weight excluding hydrogens is 388 g/mol. The SMILES string of the molecule is Cc1nn(C(C)(C)C)c(C)c1S(=O)(=O)NC(CN1CCCC1=O)c1ccccc1. The maximum atomic E-state index is 13.4. The molecule has 158 valence electrons. The molecule has 1 aliphatic heterocycles. The van der Waals surface area contributed by atoms with Crippen LogP contribution in [0.2, 0.25) is 0 Å². The second kappa shape index (κ2) is 7.91. The first kappa shape index (κ1) is 21.5. The quantitative estimate of drug-likeness (QED) is 0.782. The number of hydrogen-bond donors (Lipinski definition) is 1. The number of aryl methyl sites for hydroxylation is 1. The maximum Gasteiger partial charge on any atom is 0.244 e. The van der Waals surface area contributed by atoms with E-state index >= 15 is 0 Å². The van der Waals surface area contributed by atoms with Crippen molar-refractivity contribution in [2.75, 3.05) is 13.1 Å². The highest BCUT2D eigenvalue weighted by molar-refractivity contribution is 7.89. The van der Waals surface area contributed by atoms with Gasteiger partial charge in [0.05, 0.1) is 23.0 Å². The van der Waals surface area contributed by atoms with Gasteiger partial charge in [0, 0.05) is 19.5 Å². The van der Waals surface area contributed by atoms with E-state index in [-0.39, 0.29) is 16.3 Å². The van der Waals surface area contributed by atoms with E-state index in [1.165, 1.54) is 0 Å². The average Bonchev–Trinajstić information content (AvgIpc) is 3.17. The van der Waals surface area contributed by atoms with Crippen LogP contribution in [0.1, 0.15) is 56.6 Å². The fourth-order valence-electron chi connectivity index (χ4n) is 3.93. The third-order valence-electron chi connectivity index (χ3n) is 5.20. The zero-order valence-corrected chi connectivity index (χ0v) is 18.6. The van der Waals surface area contributed by atoms with Gasteiger partial charge in [-0.25, -0.2) is 13.1 Å². The highest BCUT2D eigenvalue weighted by Crippen LogP contribution is 2.27. The van der Waals surface area contributed by atoms with Gasteiger partial charge in [0.25, 0.3) is 0 Å². The lowest BCUT2D eigenvalue weighted by Gasteiger charge is -2.25. The molecule has 1 atom stereocenters. The molecule has 1 unspecified atom stereocenters. The maximum absolute atomic E-state index is 13.4. The van der Waals surface area contributed by atoms with Crippen LogP contribution in [-0.4, -0.2) is 42.1 Å². The van der Waals surface area contributed by atoms with Crippen molar-refractivity contribution < 1.29 is 13.2 Å². The van der Waals surface area contributed by atoms with Gasteiger partial charge in [-0.3, -0.25) is 9.48 Å². The summed E-state index contributed by atoms with van der Waals surface area (Å²) >= 11 is 0. The Morgan fingerprint density at radius 3 is 2.34 bits per heavy atom. The predicted molar refractivity (Wildman–Crippen MR) is 112 cm³/mol. The molecule has 0 saturated carbocycles. The summed E-state index contributed by atoms with van der Waals surface area (Å²) in [5.74, 6) is 0.0676. The number of aromatic nitrogens is 2. The van der Waals surface area contributed by atoms with Gasteiger partial charge in [0.15, 0.2) is 0 Å². The summed E-state index contributed by atoms with van der Waals surface area (Å²) in [7, 11) is -3.84. The molecule has 1 saturated heterocycles. The molecule has 2 aromatic rings. The zero-order valence-electron chi connectivity index (χ0n) is 17.8. The number of nitrogens with one attached hydrogen (secondary N) is 1. The minimum Gasteiger partial charge on any atom is -0.341 e. The van der Waals surface area contributed by atoms with E-state index in [1.54, 1.807) is 23.4 Å². The lowest BCUT2D eigenvalue weighted by atomic mass is 10.1. The van der Waals surface area contributed by atoms with E-state index < -0.39 is 16.1 Å². The first-order chi connectivity index (χ1) is 13.5. The molecule has 3 rings (SSSR count). The van der Waals surface area contributed by atoms with Gasteiger partial charge in [-0.1, -0.05) is 30.3 Å². The molecule has 0 bridgehead atoms. The smallest absolute Gasteiger partial charge is 0.244 e. The average molecular weight is 419 g/mol. The van der Waals surface area contributed by atoms with Gasteiger partial charge in [-0.2, -0.15) is 5.10 Å². The van der Waals surface area contributed by atoms with Crippen LogP contribution in [0.25, 0.3) is 0 Å². The lowest BCUT2D eigenvalue weighted by Crippen LogP contribution is -2.39. The van der Waals surface area contributed by atoms with Crippen molar-refractivity contribution in [2.45, 2.75) is 63.9 Å². The summed E-state index contributed by atoms with van der Waals surface area (Å²) in [4.78, 5) is 14.1. The molecular formula is C21H30N4O3S. The number of likely N-dealkylation sites (tertiary alicyclic amines) is 1. The molecule has 7 nitrogen and oxygen atoms in total. The molecule has 2 heterocycles. The van der Waals surface area contributed by atoms with Crippen molar-refractivity contribution in [3.63, 3.8) is 0 Å². The number of carbonyl (C=O) groups excluding carboxylic acids is 1. The predicted octanol–water partition coefficient (Wildman–Crippen LogP) is 2.90. The Kier molecular flexibility index (Phi) is 5.87. The van der Waals surface area contributed by atoms with E-state index in [4.69, 9.17) is 0 Å². The van der Waals surface area contributed by atoms with E-state index in [2.05, 4.69) is 9.82 Å². The van der Waals surface area contributed by atoms with Gasteiger partial charge in [-0.05, 0) is 46.6 Å². The minimum absolute atomic E-state index is 0.0676. The van der Waals surface area contributed by atoms with Gasteiger partial charge >= 0.3 is 0 Å². The molecule has 1 amide bonds. The molecule has 1 aromatic heterocycles. The van der Waals surface area contributed by atoms with Gasteiger partial charge in [-0.15, -0.1) is 0 Å². The zero-order chi connectivity index (χ0) is 21.4. The number of rotatable bonds is 6. The highest BCUT2D eigenvalue weighted by Gasteiger charge is 2.32. The molecule has 1 aromatic carbocycles. The number of nitrogens with zero attached hydrogens (tertiary/aromatic N) is 3. The highest BCUT2D eigenvalue weighted by atomic mass is 32.2. The number of hydrogen-bond acceptors (Lipinski definition) is 4. The van der Waals surface area contributed by atoms with Gasteiger partial charge in [0.2, 0.25) is 15.9 Å². The lowest BCUT2D eigenvalue weighted by molar-refractivity contribution is -0.127. The first-order valence-electron chi connectivity index (χ1n) is 9.92. The summed E-state index contributed by atoms with van der Waals surface area (Å²) in [5.41, 5.74) is 1.57. The second-order valence-corrected chi connectivity index (χ2v) is 10.3. The molecule has 1 N–H and O–H groups in total.